The van der Waals surface area contributed by atoms with Crippen molar-refractivity contribution < 1.29 is 28.6 Å². The second-order valence-electron chi connectivity index (χ2n) is 7.55. The van der Waals surface area contributed by atoms with Crippen molar-refractivity contribution in [3.63, 3.8) is 0 Å². The second kappa shape index (κ2) is 9.36. The van der Waals surface area contributed by atoms with Gasteiger partial charge < -0.3 is 23.9 Å². The maximum atomic E-state index is 13.1. The molecule has 0 saturated carbocycles. The quantitative estimate of drug-likeness (QED) is 0.649. The molecule has 8 heteroatoms. The van der Waals surface area contributed by atoms with Crippen LogP contribution in [0.5, 0.6) is 5.75 Å². The fourth-order valence-electron chi connectivity index (χ4n) is 4.08. The molecular formula is C23H26N2O6. The Bertz CT molecular complexity index is 945. The molecule has 1 saturated heterocycles. The molecule has 1 aromatic heterocycles. The van der Waals surface area contributed by atoms with Crippen molar-refractivity contribution in [3.05, 3.63) is 65.3 Å². The van der Waals surface area contributed by atoms with Crippen molar-refractivity contribution in [3.8, 4) is 5.75 Å². The predicted molar refractivity (Wildman–Crippen MR) is 112 cm³/mol. The molecule has 1 fully saturated rings. The molecule has 2 aromatic rings. The number of hydrogen-bond acceptors (Lipinski definition) is 7. The number of carbonyl (C=O) groups is 2. The lowest BCUT2D eigenvalue weighted by Gasteiger charge is -2.30. The van der Waals surface area contributed by atoms with E-state index in [0.29, 0.717) is 31.9 Å². The van der Waals surface area contributed by atoms with Gasteiger partial charge in [0.05, 0.1) is 38.2 Å². The first-order valence-corrected chi connectivity index (χ1v) is 10.4. The molecular weight excluding hydrogens is 400 g/mol. The van der Waals surface area contributed by atoms with Crippen LogP contribution in [0.15, 0.2) is 58.4 Å². The Morgan fingerprint density at radius 1 is 1.16 bits per heavy atom. The minimum Gasteiger partial charge on any atom is -0.503 e. The summed E-state index contributed by atoms with van der Waals surface area (Å²) in [4.78, 5) is 29.9. The molecule has 1 N–H and O–H groups in total. The van der Waals surface area contributed by atoms with Crippen LogP contribution in [-0.4, -0.2) is 73.1 Å². The summed E-state index contributed by atoms with van der Waals surface area (Å²) in [6.07, 6.45) is 2.11. The lowest BCUT2D eigenvalue weighted by molar-refractivity contribution is -0.129. The van der Waals surface area contributed by atoms with Gasteiger partial charge in [0.1, 0.15) is 5.75 Å². The molecule has 2 aliphatic rings. The maximum absolute atomic E-state index is 13.1. The fraction of sp³-hybridized carbons (Fsp3) is 0.391. The standard InChI is InChI=1S/C23H26N2O6/c1-29-17-7-5-16(6-8-17)20-19(21(26)18-4-2-13-31-18)22(27)23(28)25(20)10-3-9-24-11-14-30-15-12-24/h2,4-8,13,20,27H,3,9-12,14-15H2,1H3/t20-/m0/s1. The van der Waals surface area contributed by atoms with Crippen LogP contribution in [0.1, 0.15) is 28.6 Å². The van der Waals surface area contributed by atoms with Crippen LogP contribution in [-0.2, 0) is 9.53 Å². The summed E-state index contributed by atoms with van der Waals surface area (Å²) in [5, 5.41) is 10.7. The van der Waals surface area contributed by atoms with Gasteiger partial charge in [0.25, 0.3) is 5.91 Å². The number of aliphatic hydroxyl groups is 1. The van der Waals surface area contributed by atoms with Gasteiger partial charge in [0, 0.05) is 26.2 Å². The van der Waals surface area contributed by atoms with Gasteiger partial charge in [-0.2, -0.15) is 0 Å². The molecule has 1 aromatic carbocycles. The van der Waals surface area contributed by atoms with Crippen LogP contribution in [0.4, 0.5) is 0 Å². The van der Waals surface area contributed by atoms with Crippen molar-refractivity contribution >= 4 is 11.7 Å². The zero-order valence-electron chi connectivity index (χ0n) is 17.5. The zero-order valence-corrected chi connectivity index (χ0v) is 17.5. The van der Waals surface area contributed by atoms with E-state index in [-0.39, 0.29) is 11.3 Å². The van der Waals surface area contributed by atoms with Crippen LogP contribution in [0.3, 0.4) is 0 Å². The number of morpholine rings is 1. The largest absolute Gasteiger partial charge is 0.503 e. The molecule has 0 unspecified atom stereocenters. The minimum absolute atomic E-state index is 0.0384. The van der Waals surface area contributed by atoms with Gasteiger partial charge in [0.15, 0.2) is 11.5 Å². The number of benzene rings is 1. The van der Waals surface area contributed by atoms with Crippen molar-refractivity contribution in [1.29, 1.82) is 0 Å². The number of Topliss-reactive ketones (excluding diaryl/α,β-unsaturated/α-hetero) is 1. The first-order chi connectivity index (χ1) is 15.1. The number of nitrogens with zero attached hydrogens (tertiary/aromatic N) is 2. The molecule has 1 atom stereocenters. The van der Waals surface area contributed by atoms with E-state index in [0.717, 1.165) is 25.2 Å². The van der Waals surface area contributed by atoms with Gasteiger partial charge in [-0.15, -0.1) is 0 Å². The number of ether oxygens (including phenoxy) is 2. The Kier molecular flexibility index (Phi) is 6.39. The van der Waals surface area contributed by atoms with E-state index in [4.69, 9.17) is 13.9 Å². The third-order valence-corrected chi connectivity index (χ3v) is 5.70. The highest BCUT2D eigenvalue weighted by Crippen LogP contribution is 2.39. The molecule has 1 amide bonds. The van der Waals surface area contributed by atoms with E-state index < -0.39 is 23.5 Å². The summed E-state index contributed by atoms with van der Waals surface area (Å²) in [6, 6.07) is 9.59. The average molecular weight is 426 g/mol. The fourth-order valence-corrected chi connectivity index (χ4v) is 4.08. The van der Waals surface area contributed by atoms with Gasteiger partial charge >= 0.3 is 0 Å². The number of rotatable bonds is 8. The summed E-state index contributed by atoms with van der Waals surface area (Å²) in [7, 11) is 1.57. The monoisotopic (exact) mass is 426 g/mol. The molecule has 3 heterocycles. The number of methoxy groups -OCH3 is 1. The molecule has 8 nitrogen and oxygen atoms in total. The summed E-state index contributed by atoms with van der Waals surface area (Å²) < 4.78 is 15.8. The highest BCUT2D eigenvalue weighted by Gasteiger charge is 2.44. The molecule has 31 heavy (non-hydrogen) atoms. The number of hydrogen-bond donors (Lipinski definition) is 1. The van der Waals surface area contributed by atoms with Gasteiger partial charge in [-0.05, 0) is 36.2 Å². The molecule has 0 radical (unpaired) electrons. The third kappa shape index (κ3) is 4.35. The topological polar surface area (TPSA) is 92.5 Å². The Labute approximate surface area is 180 Å². The minimum atomic E-state index is -0.694. The highest BCUT2D eigenvalue weighted by atomic mass is 16.5. The van der Waals surface area contributed by atoms with Gasteiger partial charge in [-0.1, -0.05) is 12.1 Å². The Hall–Kier alpha value is -3.10. The Morgan fingerprint density at radius 2 is 1.90 bits per heavy atom. The van der Waals surface area contributed by atoms with E-state index in [1.807, 2.05) is 0 Å². The molecule has 0 aliphatic carbocycles. The van der Waals surface area contributed by atoms with E-state index >= 15 is 0 Å². The maximum Gasteiger partial charge on any atom is 0.290 e. The predicted octanol–water partition coefficient (Wildman–Crippen LogP) is 2.59. The smallest absolute Gasteiger partial charge is 0.290 e. The Balaban J connectivity index is 1.59. The van der Waals surface area contributed by atoms with Gasteiger partial charge in [0.2, 0.25) is 5.78 Å². The summed E-state index contributed by atoms with van der Waals surface area (Å²) in [5.41, 5.74) is 0.760. The van der Waals surface area contributed by atoms with Gasteiger partial charge in [-0.25, -0.2) is 0 Å². The summed E-state index contributed by atoms with van der Waals surface area (Å²) in [6.45, 7) is 4.36. The van der Waals surface area contributed by atoms with E-state index in [9.17, 15) is 14.7 Å². The first-order valence-electron chi connectivity index (χ1n) is 10.4. The lowest BCUT2D eigenvalue weighted by Crippen LogP contribution is -2.39. The highest BCUT2D eigenvalue weighted by molar-refractivity contribution is 6.15. The SMILES string of the molecule is COc1ccc([C@H]2C(C(=O)c3ccco3)=C(O)C(=O)N2CCCN2CCOCC2)cc1. The molecule has 0 bridgehead atoms. The third-order valence-electron chi connectivity index (χ3n) is 5.70. The lowest BCUT2D eigenvalue weighted by atomic mass is 9.95. The summed E-state index contributed by atoms with van der Waals surface area (Å²) in [5.74, 6) is -0.805. The van der Waals surface area contributed by atoms with Crippen LogP contribution in [0, 0.1) is 0 Å². The van der Waals surface area contributed by atoms with Crippen molar-refractivity contribution in [2.75, 3.05) is 46.5 Å². The van der Waals surface area contributed by atoms with Crippen LogP contribution in [0.2, 0.25) is 0 Å². The second-order valence-corrected chi connectivity index (χ2v) is 7.55. The number of carbonyl (C=O) groups excluding carboxylic acids is 2. The van der Waals surface area contributed by atoms with Gasteiger partial charge in [-0.3, -0.25) is 14.5 Å². The number of ketones is 1. The van der Waals surface area contributed by atoms with Crippen LogP contribution >= 0.6 is 0 Å². The van der Waals surface area contributed by atoms with Crippen molar-refractivity contribution in [2.24, 2.45) is 0 Å². The van der Waals surface area contributed by atoms with E-state index in [1.54, 1.807) is 42.3 Å². The van der Waals surface area contributed by atoms with Crippen molar-refractivity contribution in [2.45, 2.75) is 12.5 Å². The van der Waals surface area contributed by atoms with Crippen molar-refractivity contribution in [1.82, 2.24) is 9.80 Å². The van der Waals surface area contributed by atoms with Crippen LogP contribution < -0.4 is 4.74 Å². The normalized spacial score (nSPS) is 19.8. The summed E-state index contributed by atoms with van der Waals surface area (Å²) >= 11 is 0. The average Bonchev–Trinajstić information content (AvgIpc) is 3.43. The number of furan rings is 1. The van der Waals surface area contributed by atoms with E-state index in [2.05, 4.69) is 4.90 Å². The number of amides is 1. The van der Waals surface area contributed by atoms with Crippen LogP contribution in [0.25, 0.3) is 0 Å². The molecule has 0 spiro atoms. The number of aliphatic hydroxyl groups excluding tert-OH is 1. The first kappa shape index (κ1) is 21.1. The Morgan fingerprint density at radius 3 is 2.55 bits per heavy atom. The molecule has 164 valence electrons. The zero-order chi connectivity index (χ0) is 21.8. The van der Waals surface area contributed by atoms with E-state index in [1.165, 1.54) is 12.3 Å². The molecule has 4 rings (SSSR count). The molecule has 2 aliphatic heterocycles.